The summed E-state index contributed by atoms with van der Waals surface area (Å²) in [5.74, 6) is 0.215. The number of hydrogen-bond acceptors (Lipinski definition) is 2. The van der Waals surface area contributed by atoms with Gasteiger partial charge in [-0.3, -0.25) is 4.79 Å². The van der Waals surface area contributed by atoms with Crippen molar-refractivity contribution in [3.05, 3.63) is 69.7 Å². The molecule has 1 spiro atoms. The van der Waals surface area contributed by atoms with E-state index < -0.39 is 0 Å². The number of hydrogen-bond donors (Lipinski definition) is 0. The van der Waals surface area contributed by atoms with Crippen LogP contribution in [-0.2, 0) is 17.6 Å². The van der Waals surface area contributed by atoms with Crippen molar-refractivity contribution >= 4 is 29.1 Å². The molecular formula is C21H22Cl2N2O. The molecule has 0 radical (unpaired) electrons. The Morgan fingerprint density at radius 1 is 0.962 bits per heavy atom. The average molecular weight is 389 g/mol. The third-order valence-electron chi connectivity index (χ3n) is 5.45. The molecule has 0 atom stereocenters. The number of likely N-dealkylation sites (tertiary alicyclic amines) is 2. The first kappa shape index (κ1) is 17.8. The van der Waals surface area contributed by atoms with Crippen molar-refractivity contribution in [3.8, 4) is 0 Å². The first-order valence-electron chi connectivity index (χ1n) is 9.01. The van der Waals surface area contributed by atoms with Crippen LogP contribution in [0.2, 0.25) is 10.0 Å². The van der Waals surface area contributed by atoms with Crippen molar-refractivity contribution < 1.29 is 4.79 Å². The minimum atomic E-state index is 0.215. The van der Waals surface area contributed by atoms with Crippen molar-refractivity contribution in [2.75, 3.05) is 32.7 Å². The maximum Gasteiger partial charge on any atom is 0.227 e. The number of halogens is 2. The van der Waals surface area contributed by atoms with Gasteiger partial charge >= 0.3 is 0 Å². The van der Waals surface area contributed by atoms with Crippen LogP contribution in [0.1, 0.15) is 11.1 Å². The molecule has 3 nitrogen and oxygen atoms in total. The predicted octanol–water partition coefficient (Wildman–Crippen LogP) is 3.92. The molecule has 2 aliphatic rings. The fraction of sp³-hybridized carbons (Fsp3) is 0.381. The molecule has 136 valence electrons. The highest BCUT2D eigenvalue weighted by molar-refractivity contribution is 6.31. The second-order valence-corrected chi connectivity index (χ2v) is 8.45. The highest BCUT2D eigenvalue weighted by atomic mass is 35.5. The normalized spacial score (nSPS) is 18.5. The molecule has 26 heavy (non-hydrogen) atoms. The first-order chi connectivity index (χ1) is 12.5. The van der Waals surface area contributed by atoms with E-state index in [0.717, 1.165) is 49.7 Å². The van der Waals surface area contributed by atoms with Gasteiger partial charge in [0, 0.05) is 48.2 Å². The van der Waals surface area contributed by atoms with Crippen LogP contribution in [0.5, 0.6) is 0 Å². The first-order valence-corrected chi connectivity index (χ1v) is 9.77. The number of nitrogens with zero attached hydrogens (tertiary/aromatic N) is 2. The van der Waals surface area contributed by atoms with Crippen LogP contribution in [0.3, 0.4) is 0 Å². The summed E-state index contributed by atoms with van der Waals surface area (Å²) in [7, 11) is 0. The molecule has 2 aromatic carbocycles. The van der Waals surface area contributed by atoms with Crippen molar-refractivity contribution in [2.24, 2.45) is 5.41 Å². The van der Waals surface area contributed by atoms with Gasteiger partial charge in [-0.25, -0.2) is 0 Å². The fourth-order valence-electron chi connectivity index (χ4n) is 4.07. The van der Waals surface area contributed by atoms with Gasteiger partial charge in [-0.1, -0.05) is 53.5 Å². The molecule has 0 aromatic heterocycles. The maximum atomic E-state index is 12.4. The summed E-state index contributed by atoms with van der Waals surface area (Å²) in [5.41, 5.74) is 2.56. The van der Waals surface area contributed by atoms with Gasteiger partial charge in [-0.2, -0.15) is 0 Å². The van der Waals surface area contributed by atoms with Gasteiger partial charge in [0.05, 0.1) is 6.42 Å². The molecule has 2 saturated heterocycles. The molecule has 0 bridgehead atoms. The summed E-state index contributed by atoms with van der Waals surface area (Å²) in [4.78, 5) is 16.9. The van der Waals surface area contributed by atoms with Gasteiger partial charge in [-0.15, -0.1) is 0 Å². The van der Waals surface area contributed by atoms with Gasteiger partial charge in [0.2, 0.25) is 5.91 Å². The lowest BCUT2D eigenvalue weighted by molar-refractivity contribution is -0.158. The average Bonchev–Trinajstić information content (AvgIpc) is 2.55. The van der Waals surface area contributed by atoms with E-state index in [9.17, 15) is 4.79 Å². The Morgan fingerprint density at radius 2 is 1.65 bits per heavy atom. The molecule has 0 saturated carbocycles. The van der Waals surface area contributed by atoms with Gasteiger partial charge in [-0.05, 0) is 35.7 Å². The molecule has 0 N–H and O–H groups in total. The second kappa shape index (κ2) is 7.22. The highest BCUT2D eigenvalue weighted by Gasteiger charge is 2.52. The minimum absolute atomic E-state index is 0.215. The molecule has 2 fully saturated rings. The Labute approximate surface area is 164 Å². The van der Waals surface area contributed by atoms with Crippen LogP contribution in [0.4, 0.5) is 0 Å². The Bertz CT molecular complexity index is 792. The number of amides is 1. The fourth-order valence-corrected chi connectivity index (χ4v) is 4.42. The van der Waals surface area contributed by atoms with E-state index in [4.69, 9.17) is 23.2 Å². The maximum absolute atomic E-state index is 12.4. The zero-order chi connectivity index (χ0) is 18.1. The summed E-state index contributed by atoms with van der Waals surface area (Å²) < 4.78 is 0. The number of rotatable bonds is 5. The topological polar surface area (TPSA) is 23.6 Å². The molecular weight excluding hydrogens is 367 g/mol. The standard InChI is InChI=1S/C21H22Cl2N2O/c22-18-7-5-16(6-8-18)11-20(26)25-14-21(15-25)12-24(13-21)10-9-17-3-1-2-4-19(17)23/h1-8H,9-15H2. The van der Waals surface area contributed by atoms with Crippen molar-refractivity contribution in [3.63, 3.8) is 0 Å². The van der Waals surface area contributed by atoms with E-state index in [-0.39, 0.29) is 5.91 Å². The summed E-state index contributed by atoms with van der Waals surface area (Å²) in [6.45, 7) is 4.98. The van der Waals surface area contributed by atoms with Crippen LogP contribution in [0, 0.1) is 5.41 Å². The van der Waals surface area contributed by atoms with E-state index in [2.05, 4.69) is 11.0 Å². The monoisotopic (exact) mass is 388 g/mol. The Morgan fingerprint density at radius 3 is 2.35 bits per heavy atom. The highest BCUT2D eigenvalue weighted by Crippen LogP contribution is 2.39. The Balaban J connectivity index is 1.20. The second-order valence-electron chi connectivity index (χ2n) is 7.61. The number of carbonyl (C=O) groups excluding carboxylic acids is 1. The van der Waals surface area contributed by atoms with Gasteiger partial charge in [0.1, 0.15) is 0 Å². The van der Waals surface area contributed by atoms with Crippen LogP contribution < -0.4 is 0 Å². The zero-order valence-corrected chi connectivity index (χ0v) is 16.1. The number of benzene rings is 2. The van der Waals surface area contributed by atoms with Gasteiger partial charge in [0.15, 0.2) is 0 Å². The third kappa shape index (κ3) is 3.75. The zero-order valence-electron chi connectivity index (χ0n) is 14.6. The largest absolute Gasteiger partial charge is 0.341 e. The molecule has 5 heteroatoms. The molecule has 0 aliphatic carbocycles. The van der Waals surface area contributed by atoms with Crippen LogP contribution >= 0.6 is 23.2 Å². The summed E-state index contributed by atoms with van der Waals surface area (Å²) in [6.07, 6.45) is 1.44. The number of carbonyl (C=O) groups is 1. The molecule has 2 aromatic rings. The third-order valence-corrected chi connectivity index (χ3v) is 6.07. The SMILES string of the molecule is O=C(Cc1ccc(Cl)cc1)N1CC2(CN(CCc3ccccc3Cl)C2)C1. The molecule has 4 rings (SSSR count). The van der Waals surface area contributed by atoms with Crippen molar-refractivity contribution in [1.29, 1.82) is 0 Å². The predicted molar refractivity (Wildman–Crippen MR) is 106 cm³/mol. The minimum Gasteiger partial charge on any atom is -0.341 e. The summed E-state index contributed by atoms with van der Waals surface area (Å²) in [6, 6.07) is 15.6. The lowest BCUT2D eigenvalue weighted by atomic mass is 9.72. The van der Waals surface area contributed by atoms with Crippen LogP contribution in [0.25, 0.3) is 0 Å². The molecule has 2 heterocycles. The van der Waals surface area contributed by atoms with E-state index in [1.54, 1.807) is 0 Å². The lowest BCUT2D eigenvalue weighted by Gasteiger charge is -2.60. The van der Waals surface area contributed by atoms with Crippen LogP contribution in [0.15, 0.2) is 48.5 Å². The molecule has 2 aliphatic heterocycles. The van der Waals surface area contributed by atoms with Crippen molar-refractivity contribution in [2.45, 2.75) is 12.8 Å². The smallest absolute Gasteiger partial charge is 0.227 e. The van der Waals surface area contributed by atoms with Crippen molar-refractivity contribution in [1.82, 2.24) is 9.80 Å². The van der Waals surface area contributed by atoms with E-state index in [0.29, 0.717) is 16.9 Å². The van der Waals surface area contributed by atoms with Crippen LogP contribution in [-0.4, -0.2) is 48.4 Å². The molecule has 0 unspecified atom stereocenters. The Kier molecular flexibility index (Phi) is 4.96. The molecule has 1 amide bonds. The Hall–Kier alpha value is -1.55. The van der Waals surface area contributed by atoms with E-state index in [1.165, 1.54) is 5.56 Å². The van der Waals surface area contributed by atoms with E-state index >= 15 is 0 Å². The summed E-state index contributed by atoms with van der Waals surface area (Å²) >= 11 is 12.1. The quantitative estimate of drug-likeness (QED) is 0.774. The van der Waals surface area contributed by atoms with E-state index in [1.807, 2.05) is 47.4 Å². The van der Waals surface area contributed by atoms with Gasteiger partial charge in [0.25, 0.3) is 0 Å². The summed E-state index contributed by atoms with van der Waals surface area (Å²) in [5, 5.41) is 1.56. The lowest BCUT2D eigenvalue weighted by Crippen LogP contribution is -2.73. The van der Waals surface area contributed by atoms with Gasteiger partial charge < -0.3 is 9.80 Å².